The molecule has 0 bridgehead atoms. The van der Waals surface area contributed by atoms with Crippen LogP contribution in [0.3, 0.4) is 0 Å². The Kier molecular flexibility index (Phi) is 4.44. The fourth-order valence-electron chi connectivity index (χ4n) is 3.52. The van der Waals surface area contributed by atoms with Crippen LogP contribution in [0.15, 0.2) is 43.1 Å². The molecule has 10 heteroatoms. The van der Waals surface area contributed by atoms with Crippen molar-refractivity contribution in [2.75, 3.05) is 9.80 Å². The number of imidazole rings is 1. The Hall–Kier alpha value is -3.11. The second-order valence-corrected chi connectivity index (χ2v) is 6.68. The van der Waals surface area contributed by atoms with Gasteiger partial charge in [-0.3, -0.25) is 10.7 Å². The topological polar surface area (TPSA) is 102 Å². The Labute approximate surface area is 160 Å². The summed E-state index contributed by atoms with van der Waals surface area (Å²) in [6.45, 7) is 1.73. The van der Waals surface area contributed by atoms with E-state index in [-0.39, 0.29) is 5.69 Å². The highest BCUT2D eigenvalue weighted by atomic mass is 19.1. The third kappa shape index (κ3) is 2.86. The summed E-state index contributed by atoms with van der Waals surface area (Å²) < 4.78 is 29.5. The van der Waals surface area contributed by atoms with E-state index in [0.717, 1.165) is 12.3 Å². The van der Waals surface area contributed by atoms with Crippen LogP contribution in [0.25, 0.3) is 0 Å². The average Bonchev–Trinajstić information content (AvgIpc) is 3.07. The lowest BCUT2D eigenvalue weighted by Crippen LogP contribution is -2.62. The quantitative estimate of drug-likeness (QED) is 0.707. The molecule has 0 amide bonds. The van der Waals surface area contributed by atoms with Gasteiger partial charge in [0.2, 0.25) is 0 Å². The summed E-state index contributed by atoms with van der Waals surface area (Å²) in [5.74, 6) is -0.405. The zero-order valence-electron chi connectivity index (χ0n) is 15.4. The van der Waals surface area contributed by atoms with Gasteiger partial charge in [-0.2, -0.15) is 0 Å². The Morgan fingerprint density at radius 3 is 2.64 bits per heavy atom. The number of nitrogens with zero attached hydrogens (tertiary/aromatic N) is 6. The average molecular weight is 386 g/mol. The highest BCUT2D eigenvalue weighted by molar-refractivity contribution is 5.60. The third-order valence-electron chi connectivity index (χ3n) is 4.85. The number of pyridine rings is 2. The maximum atomic E-state index is 14.4. The van der Waals surface area contributed by atoms with Crippen molar-refractivity contribution >= 4 is 11.6 Å². The molecule has 0 fully saturated rings. The minimum Gasteiger partial charge on any atom is -0.338 e. The summed E-state index contributed by atoms with van der Waals surface area (Å²) in [4.78, 5) is 16.1. The van der Waals surface area contributed by atoms with Gasteiger partial charge < -0.3 is 20.1 Å². The van der Waals surface area contributed by atoms with Gasteiger partial charge in [0.25, 0.3) is 0 Å². The predicted octanol–water partition coefficient (Wildman–Crippen LogP) is 1.78. The van der Waals surface area contributed by atoms with Crippen LogP contribution in [-0.4, -0.2) is 25.8 Å². The number of fused-ring (bicyclic) bond motifs is 1. The predicted molar refractivity (Wildman–Crippen MR) is 99.9 cm³/mol. The summed E-state index contributed by atoms with van der Waals surface area (Å²) >= 11 is 0. The molecular formula is C18H20F2N8. The van der Waals surface area contributed by atoms with E-state index in [1.807, 2.05) is 13.1 Å². The van der Waals surface area contributed by atoms with E-state index in [1.165, 1.54) is 0 Å². The lowest BCUT2D eigenvalue weighted by molar-refractivity contribution is 0.427. The first-order chi connectivity index (χ1) is 13.4. The van der Waals surface area contributed by atoms with Crippen LogP contribution in [0.1, 0.15) is 30.4 Å². The minimum atomic E-state index is -0.798. The number of hydrogen-bond donors (Lipinski definition) is 2. The van der Waals surface area contributed by atoms with Crippen molar-refractivity contribution < 1.29 is 8.78 Å². The van der Waals surface area contributed by atoms with Gasteiger partial charge in [-0.25, -0.2) is 18.7 Å². The van der Waals surface area contributed by atoms with Crippen molar-refractivity contribution in [1.29, 1.82) is 0 Å². The molecule has 146 valence electrons. The van der Waals surface area contributed by atoms with Gasteiger partial charge in [-0.1, -0.05) is 6.07 Å². The molecule has 3 atom stereocenters. The lowest BCUT2D eigenvalue weighted by Gasteiger charge is -2.48. The van der Waals surface area contributed by atoms with Crippen LogP contribution in [0.4, 0.5) is 20.4 Å². The maximum Gasteiger partial charge on any atom is 0.159 e. The van der Waals surface area contributed by atoms with E-state index in [0.29, 0.717) is 17.2 Å². The molecule has 1 aliphatic heterocycles. The van der Waals surface area contributed by atoms with E-state index in [4.69, 9.17) is 11.5 Å². The molecule has 4 heterocycles. The molecule has 28 heavy (non-hydrogen) atoms. The Morgan fingerprint density at radius 1 is 1.18 bits per heavy atom. The van der Waals surface area contributed by atoms with Crippen LogP contribution in [0.5, 0.6) is 0 Å². The normalized spacial score (nSPS) is 20.2. The summed E-state index contributed by atoms with van der Waals surface area (Å²) in [6, 6.07) is 3.77. The highest BCUT2D eigenvalue weighted by Crippen LogP contribution is 2.39. The molecule has 2 unspecified atom stereocenters. The van der Waals surface area contributed by atoms with Crippen molar-refractivity contribution in [2.45, 2.75) is 25.4 Å². The number of hydrogen-bond acceptors (Lipinski definition) is 7. The molecule has 0 saturated heterocycles. The first-order valence-corrected chi connectivity index (χ1v) is 8.70. The molecule has 4 N–H and O–H groups in total. The Morgan fingerprint density at radius 2 is 1.96 bits per heavy atom. The van der Waals surface area contributed by atoms with Gasteiger partial charge in [0.15, 0.2) is 12.1 Å². The van der Waals surface area contributed by atoms with E-state index in [9.17, 15) is 8.78 Å². The molecule has 0 aliphatic carbocycles. The van der Waals surface area contributed by atoms with Gasteiger partial charge >= 0.3 is 0 Å². The number of anilines is 2. The smallest absolute Gasteiger partial charge is 0.159 e. The van der Waals surface area contributed by atoms with Gasteiger partial charge in [-0.15, -0.1) is 0 Å². The van der Waals surface area contributed by atoms with Crippen LogP contribution in [0.2, 0.25) is 0 Å². The third-order valence-corrected chi connectivity index (χ3v) is 4.85. The van der Waals surface area contributed by atoms with Crippen molar-refractivity contribution in [3.63, 3.8) is 0 Å². The fraction of sp³-hybridized carbons (Fsp3) is 0.278. The Bertz CT molecular complexity index is 1010. The number of rotatable bonds is 3. The van der Waals surface area contributed by atoms with Crippen molar-refractivity contribution in [1.82, 2.24) is 19.5 Å². The molecule has 0 saturated carbocycles. The molecular weight excluding hydrogens is 366 g/mol. The van der Waals surface area contributed by atoms with Gasteiger partial charge in [0, 0.05) is 31.1 Å². The van der Waals surface area contributed by atoms with Crippen molar-refractivity contribution in [3.05, 3.63) is 66.0 Å². The van der Waals surface area contributed by atoms with E-state index >= 15 is 0 Å². The summed E-state index contributed by atoms with van der Waals surface area (Å²) in [5.41, 5.74) is 13.8. The zero-order valence-corrected chi connectivity index (χ0v) is 15.4. The minimum absolute atomic E-state index is 0.0601. The summed E-state index contributed by atoms with van der Waals surface area (Å²) in [6.07, 6.45) is 4.63. The first-order valence-electron chi connectivity index (χ1n) is 8.70. The maximum absolute atomic E-state index is 14.4. The largest absolute Gasteiger partial charge is 0.338 e. The molecule has 3 aromatic rings. The summed E-state index contributed by atoms with van der Waals surface area (Å²) in [5, 5.41) is 0. The molecule has 3 aromatic heterocycles. The van der Waals surface area contributed by atoms with Crippen LogP contribution in [0, 0.1) is 11.6 Å². The van der Waals surface area contributed by atoms with Gasteiger partial charge in [-0.05, 0) is 13.0 Å². The summed E-state index contributed by atoms with van der Waals surface area (Å²) in [7, 11) is 1.84. The number of aryl methyl sites for hydroxylation is 1. The lowest BCUT2D eigenvalue weighted by atomic mass is 10.1. The number of nitrogens with two attached hydrogens (primary N) is 2. The van der Waals surface area contributed by atoms with Crippen LogP contribution in [-0.2, 0) is 7.05 Å². The van der Waals surface area contributed by atoms with Gasteiger partial charge in [0.05, 0.1) is 24.3 Å². The SMILES string of the molecule is C[C@@H](c1ncc(F)cc1F)N1c2ncccc2C(N)N(c2cn(C)cn2)C1N. The molecule has 4 rings (SSSR count). The highest BCUT2D eigenvalue weighted by Gasteiger charge is 2.40. The monoisotopic (exact) mass is 386 g/mol. The Balaban J connectivity index is 1.83. The standard InChI is InChI=1S/C18H20F2N8/c1-10(15-13(20)6-11(19)7-24-15)27-17-12(4-3-5-23-17)16(21)28(18(27)22)14-8-26(2)9-25-14/h3-10,16,18H,21-22H2,1-2H3/t10-,16?,18?/m0/s1. The van der Waals surface area contributed by atoms with E-state index in [1.54, 1.807) is 46.1 Å². The van der Waals surface area contributed by atoms with Crippen molar-refractivity contribution in [3.8, 4) is 0 Å². The zero-order chi connectivity index (χ0) is 20.0. The fourth-order valence-corrected chi connectivity index (χ4v) is 3.52. The second kappa shape index (κ2) is 6.80. The van der Waals surface area contributed by atoms with E-state index < -0.39 is 30.1 Å². The molecule has 1 aliphatic rings. The molecule has 0 radical (unpaired) electrons. The molecule has 0 spiro atoms. The second-order valence-electron chi connectivity index (χ2n) is 6.68. The van der Waals surface area contributed by atoms with Gasteiger partial charge in [0.1, 0.15) is 23.6 Å². The van der Waals surface area contributed by atoms with Crippen LogP contribution >= 0.6 is 0 Å². The van der Waals surface area contributed by atoms with Crippen LogP contribution < -0.4 is 21.3 Å². The molecule has 8 nitrogen and oxygen atoms in total. The first kappa shape index (κ1) is 18.3. The van der Waals surface area contributed by atoms with E-state index in [2.05, 4.69) is 15.0 Å². The number of aromatic nitrogens is 4. The van der Waals surface area contributed by atoms with Crippen molar-refractivity contribution in [2.24, 2.45) is 18.5 Å². The molecule has 0 aromatic carbocycles. The number of halogens is 2.